The van der Waals surface area contributed by atoms with Crippen molar-refractivity contribution in [2.24, 2.45) is 4.99 Å². The van der Waals surface area contributed by atoms with Gasteiger partial charge in [0.05, 0.1) is 16.3 Å². The molecule has 0 radical (unpaired) electrons. The van der Waals surface area contributed by atoms with E-state index in [1.54, 1.807) is 0 Å². The molecule has 1 saturated heterocycles. The lowest BCUT2D eigenvalue weighted by atomic mass is 10.2. The van der Waals surface area contributed by atoms with Crippen LogP contribution in [0.2, 0.25) is 5.02 Å². The second-order valence-corrected chi connectivity index (χ2v) is 8.26. The molecular weight excluding hydrogens is 434 g/mol. The lowest BCUT2D eigenvalue weighted by Crippen LogP contribution is -2.19. The fourth-order valence-electron chi connectivity index (χ4n) is 2.43. The minimum Gasteiger partial charge on any atom is -0.377 e. The topological polar surface area (TPSA) is 44.7 Å². The first kappa shape index (κ1) is 19.0. The number of hydrogen-bond acceptors (Lipinski definition) is 4. The summed E-state index contributed by atoms with van der Waals surface area (Å²) < 4.78 is 0.976. The normalized spacial score (nSPS) is 17.0. The van der Waals surface area contributed by atoms with E-state index in [0.29, 0.717) is 15.1 Å². The Balaban J connectivity index is 1.86. The van der Waals surface area contributed by atoms with E-state index >= 15 is 0 Å². The number of anilines is 1. The van der Waals surface area contributed by atoms with E-state index < -0.39 is 0 Å². The number of nitrogens with one attached hydrogen (secondary N) is 1. The molecule has 4 nitrogen and oxygen atoms in total. The van der Waals surface area contributed by atoms with Gasteiger partial charge in [-0.2, -0.15) is 0 Å². The van der Waals surface area contributed by atoms with Crippen molar-refractivity contribution >= 4 is 67.8 Å². The van der Waals surface area contributed by atoms with Crippen LogP contribution in [0.3, 0.4) is 0 Å². The average molecular weight is 451 g/mol. The largest absolute Gasteiger partial charge is 0.377 e. The average Bonchev–Trinajstić information content (AvgIpc) is 2.91. The second kappa shape index (κ2) is 7.86. The minimum absolute atomic E-state index is 0.152. The molecule has 2 aromatic carbocycles. The number of amidine groups is 1. The summed E-state index contributed by atoms with van der Waals surface area (Å²) in [6.07, 6.45) is 1.86. The number of thioether (sulfide) groups is 1. The third-order valence-corrected chi connectivity index (χ3v) is 5.82. The van der Waals surface area contributed by atoms with Gasteiger partial charge in [0.2, 0.25) is 0 Å². The molecule has 0 unspecified atom stereocenters. The zero-order chi connectivity index (χ0) is 18.8. The van der Waals surface area contributed by atoms with Crippen molar-refractivity contribution in [3.63, 3.8) is 0 Å². The van der Waals surface area contributed by atoms with Crippen molar-refractivity contribution < 1.29 is 4.79 Å². The van der Waals surface area contributed by atoms with Crippen LogP contribution < -0.4 is 10.2 Å². The Bertz CT molecular complexity index is 940. The minimum atomic E-state index is -0.152. The molecule has 0 spiro atoms. The Kier molecular flexibility index (Phi) is 5.75. The zero-order valence-electron chi connectivity index (χ0n) is 14.5. The van der Waals surface area contributed by atoms with Gasteiger partial charge in [-0.15, -0.1) is 0 Å². The van der Waals surface area contributed by atoms with E-state index in [2.05, 4.69) is 26.2 Å². The third-order valence-electron chi connectivity index (χ3n) is 3.86. The molecular formula is C19H17BrClN3OS. The van der Waals surface area contributed by atoms with Crippen molar-refractivity contribution in [3.05, 3.63) is 61.9 Å². The Hall–Kier alpha value is -1.76. The molecule has 134 valence electrons. The van der Waals surface area contributed by atoms with Gasteiger partial charge in [-0.25, -0.2) is 4.99 Å². The molecule has 1 N–H and O–H groups in total. The fraction of sp³-hybridized carbons (Fsp3) is 0.158. The number of hydrogen-bond donors (Lipinski definition) is 1. The molecule has 1 aliphatic rings. The maximum Gasteiger partial charge on any atom is 0.264 e. The molecule has 1 fully saturated rings. The van der Waals surface area contributed by atoms with E-state index in [1.807, 2.05) is 68.4 Å². The maximum atomic E-state index is 12.3. The van der Waals surface area contributed by atoms with Crippen LogP contribution in [0.4, 0.5) is 11.4 Å². The Labute approximate surface area is 170 Å². The number of halogens is 2. The van der Waals surface area contributed by atoms with Gasteiger partial charge in [0, 0.05) is 23.6 Å². The molecule has 0 saturated carbocycles. The number of carbonyl (C=O) groups excluding carboxylic acids is 1. The van der Waals surface area contributed by atoms with Gasteiger partial charge < -0.3 is 10.2 Å². The standard InChI is InChI=1S/C19H17BrClN3OS/c1-11-14(21)5-4-6-15(11)22-19-23-18(25)17(26-19)10-12-7-8-16(24(2)3)13(20)9-12/h4-10H,1-3H3,(H,22,23,25)/b17-10+. The molecule has 3 rings (SSSR count). The quantitative estimate of drug-likeness (QED) is 0.640. The molecule has 1 aliphatic heterocycles. The summed E-state index contributed by atoms with van der Waals surface area (Å²) in [7, 11) is 3.97. The number of aliphatic imine (C=N–C) groups is 1. The Morgan fingerprint density at radius 3 is 2.73 bits per heavy atom. The van der Waals surface area contributed by atoms with E-state index in [0.717, 1.165) is 27.0 Å². The highest BCUT2D eigenvalue weighted by molar-refractivity contribution is 9.10. The number of rotatable bonds is 3. The summed E-state index contributed by atoms with van der Waals surface area (Å²) in [5.74, 6) is -0.152. The number of carbonyl (C=O) groups is 1. The van der Waals surface area contributed by atoms with Crippen molar-refractivity contribution in [3.8, 4) is 0 Å². The highest BCUT2D eigenvalue weighted by Gasteiger charge is 2.24. The molecule has 0 aromatic heterocycles. The zero-order valence-corrected chi connectivity index (χ0v) is 17.7. The predicted molar refractivity (Wildman–Crippen MR) is 115 cm³/mol. The van der Waals surface area contributed by atoms with Crippen LogP contribution in [0.25, 0.3) is 6.08 Å². The highest BCUT2D eigenvalue weighted by Crippen LogP contribution is 2.32. The number of benzene rings is 2. The van der Waals surface area contributed by atoms with Gasteiger partial charge in [0.25, 0.3) is 5.91 Å². The van der Waals surface area contributed by atoms with Crippen LogP contribution in [0.1, 0.15) is 11.1 Å². The van der Waals surface area contributed by atoms with Gasteiger partial charge in [-0.1, -0.05) is 23.7 Å². The fourth-order valence-corrected chi connectivity index (χ4v) is 4.19. The van der Waals surface area contributed by atoms with E-state index in [-0.39, 0.29) is 5.91 Å². The van der Waals surface area contributed by atoms with Crippen LogP contribution in [0.15, 0.2) is 50.8 Å². The summed E-state index contributed by atoms with van der Waals surface area (Å²) >= 11 is 11.0. The van der Waals surface area contributed by atoms with Crippen LogP contribution in [-0.2, 0) is 4.79 Å². The highest BCUT2D eigenvalue weighted by atomic mass is 79.9. The van der Waals surface area contributed by atoms with Gasteiger partial charge in [-0.05, 0) is 76.1 Å². The first-order valence-electron chi connectivity index (χ1n) is 7.86. The predicted octanol–water partition coefficient (Wildman–Crippen LogP) is 5.37. The monoisotopic (exact) mass is 449 g/mol. The molecule has 0 aliphatic carbocycles. The first-order chi connectivity index (χ1) is 12.3. The number of amides is 1. The smallest absolute Gasteiger partial charge is 0.264 e. The van der Waals surface area contributed by atoms with E-state index in [9.17, 15) is 4.79 Å². The van der Waals surface area contributed by atoms with Gasteiger partial charge in [-0.3, -0.25) is 4.79 Å². The molecule has 2 aromatic rings. The van der Waals surface area contributed by atoms with Crippen molar-refractivity contribution in [2.45, 2.75) is 6.92 Å². The summed E-state index contributed by atoms with van der Waals surface area (Å²) in [6, 6.07) is 11.5. The van der Waals surface area contributed by atoms with Crippen molar-refractivity contribution in [2.75, 3.05) is 19.0 Å². The SMILES string of the molecule is Cc1c(Cl)cccc1N=C1NC(=O)/C(=C\c2ccc(N(C)C)c(Br)c2)S1. The molecule has 7 heteroatoms. The van der Waals surface area contributed by atoms with E-state index in [1.165, 1.54) is 11.8 Å². The van der Waals surface area contributed by atoms with Crippen LogP contribution in [0.5, 0.6) is 0 Å². The molecule has 1 heterocycles. The molecule has 1 amide bonds. The number of nitrogens with zero attached hydrogens (tertiary/aromatic N) is 2. The first-order valence-corrected chi connectivity index (χ1v) is 9.85. The Morgan fingerprint density at radius 1 is 1.27 bits per heavy atom. The lowest BCUT2D eigenvalue weighted by molar-refractivity contribution is -0.115. The maximum absolute atomic E-state index is 12.3. The second-order valence-electron chi connectivity index (χ2n) is 5.97. The molecule has 26 heavy (non-hydrogen) atoms. The molecule has 0 atom stereocenters. The van der Waals surface area contributed by atoms with Crippen LogP contribution in [-0.4, -0.2) is 25.2 Å². The summed E-state index contributed by atoms with van der Waals surface area (Å²) in [5.41, 5.74) is 3.66. The lowest BCUT2D eigenvalue weighted by Gasteiger charge is -2.14. The molecule has 0 bridgehead atoms. The van der Waals surface area contributed by atoms with Crippen LogP contribution in [0, 0.1) is 6.92 Å². The summed E-state index contributed by atoms with van der Waals surface area (Å²) in [5, 5.41) is 4.01. The van der Waals surface area contributed by atoms with E-state index in [4.69, 9.17) is 11.6 Å². The Morgan fingerprint density at radius 2 is 2.04 bits per heavy atom. The van der Waals surface area contributed by atoms with Gasteiger partial charge in [0.15, 0.2) is 5.17 Å². The van der Waals surface area contributed by atoms with Crippen molar-refractivity contribution in [1.82, 2.24) is 5.32 Å². The summed E-state index contributed by atoms with van der Waals surface area (Å²) in [6.45, 7) is 1.91. The summed E-state index contributed by atoms with van der Waals surface area (Å²) in [4.78, 5) is 19.4. The van der Waals surface area contributed by atoms with Crippen LogP contribution >= 0.6 is 39.3 Å². The van der Waals surface area contributed by atoms with Crippen molar-refractivity contribution in [1.29, 1.82) is 0 Å². The van der Waals surface area contributed by atoms with Gasteiger partial charge in [0.1, 0.15) is 0 Å². The van der Waals surface area contributed by atoms with Gasteiger partial charge >= 0.3 is 0 Å². The third kappa shape index (κ3) is 4.14.